The Morgan fingerprint density at radius 1 is 1.03 bits per heavy atom. The molecule has 5 N–H and O–H groups in total. The second kappa shape index (κ2) is 11.3. The van der Waals surface area contributed by atoms with Gasteiger partial charge in [-0.1, -0.05) is 36.4 Å². The molecule has 1 aromatic heterocycles. The minimum atomic E-state index is -4.64. The molecule has 0 bridgehead atoms. The number of primary amides is 1. The number of pyridine rings is 1. The van der Waals surface area contributed by atoms with Crippen LogP contribution in [0.25, 0.3) is 0 Å². The molecule has 0 unspecified atom stereocenters. The summed E-state index contributed by atoms with van der Waals surface area (Å²) in [6.45, 7) is 9.47. The Labute approximate surface area is 178 Å². The minimum Gasteiger partial charge on any atom is -0.369 e. The molecule has 0 aliphatic rings. The Kier molecular flexibility index (Phi) is 9.81. The molecule has 9 heteroatoms. The fraction of sp³-hybridized carbons (Fsp3) is 0.429. The topological polar surface area (TPSA) is 137 Å². The van der Waals surface area contributed by atoms with Crippen LogP contribution in [-0.4, -0.2) is 49.1 Å². The third-order valence-electron chi connectivity index (χ3n) is 4.86. The maximum absolute atomic E-state index is 12.7. The van der Waals surface area contributed by atoms with Gasteiger partial charge in [-0.05, 0) is 51.8 Å². The Bertz CT molecular complexity index is 769. The van der Waals surface area contributed by atoms with E-state index in [1.165, 1.54) is 0 Å². The number of carbonyl (C=O) groups excluding carboxylic acids is 1. The Morgan fingerprint density at radius 2 is 1.53 bits per heavy atom. The molecule has 1 amide bonds. The summed E-state index contributed by atoms with van der Waals surface area (Å²) >= 11 is 0. The minimum absolute atomic E-state index is 0.357. The van der Waals surface area contributed by atoms with E-state index < -0.39 is 13.2 Å². The second-order valence-corrected chi connectivity index (χ2v) is 8.57. The molecule has 0 aliphatic heterocycles. The molecule has 0 saturated heterocycles. The highest BCUT2D eigenvalue weighted by Crippen LogP contribution is 2.35. The maximum Gasteiger partial charge on any atom is 0.466 e. The number of carbonyl (C=O) groups is 1. The van der Waals surface area contributed by atoms with E-state index in [4.69, 9.17) is 25.0 Å². The number of aromatic nitrogens is 1. The zero-order valence-corrected chi connectivity index (χ0v) is 18.7. The predicted molar refractivity (Wildman–Crippen MR) is 117 cm³/mol. The highest BCUT2D eigenvalue weighted by atomic mass is 31.2. The molecule has 0 radical (unpaired) electrons. The molecule has 0 aliphatic carbocycles. The normalized spacial score (nSPS) is 13.7. The van der Waals surface area contributed by atoms with Gasteiger partial charge in [-0.25, -0.2) is 4.57 Å². The molecule has 0 spiro atoms. The average molecular weight is 437 g/mol. The van der Waals surface area contributed by atoms with Crippen LogP contribution in [0.5, 0.6) is 0 Å². The lowest BCUT2D eigenvalue weighted by Crippen LogP contribution is -2.47. The van der Waals surface area contributed by atoms with Crippen molar-refractivity contribution in [3.05, 3.63) is 66.0 Å². The van der Waals surface area contributed by atoms with Gasteiger partial charge >= 0.3 is 7.82 Å². The first-order chi connectivity index (χ1) is 13.9. The van der Waals surface area contributed by atoms with Crippen molar-refractivity contribution < 1.29 is 24.0 Å². The summed E-state index contributed by atoms with van der Waals surface area (Å²) in [5, 5.41) is 0. The molecule has 1 atom stereocenters. The highest BCUT2D eigenvalue weighted by molar-refractivity contribution is 7.45. The first-order valence-electron chi connectivity index (χ1n) is 9.70. The van der Waals surface area contributed by atoms with Crippen LogP contribution in [0, 0.1) is 0 Å². The lowest BCUT2D eigenvalue weighted by atomic mass is 9.73. The third-order valence-corrected chi connectivity index (χ3v) is 4.86. The summed E-state index contributed by atoms with van der Waals surface area (Å²) < 4.78 is 8.88. The van der Waals surface area contributed by atoms with Gasteiger partial charge in [0, 0.05) is 24.8 Å². The zero-order chi connectivity index (χ0) is 22.9. The maximum atomic E-state index is 12.7. The number of rotatable bonds is 8. The molecule has 2 aromatic rings. The van der Waals surface area contributed by atoms with E-state index in [2.05, 4.69) is 37.6 Å². The number of phosphoric acid groups is 1. The van der Waals surface area contributed by atoms with E-state index in [1.54, 1.807) is 6.20 Å². The van der Waals surface area contributed by atoms with Crippen molar-refractivity contribution in [1.29, 1.82) is 0 Å². The molecule has 30 heavy (non-hydrogen) atoms. The van der Waals surface area contributed by atoms with Crippen molar-refractivity contribution in [2.24, 2.45) is 5.73 Å². The number of nitrogens with zero attached hydrogens (tertiary/aromatic N) is 2. The third kappa shape index (κ3) is 7.63. The molecule has 0 fully saturated rings. The Balaban J connectivity index is 0.000000804. The predicted octanol–water partition coefficient (Wildman–Crippen LogP) is 2.43. The van der Waals surface area contributed by atoms with E-state index in [0.29, 0.717) is 24.2 Å². The van der Waals surface area contributed by atoms with Gasteiger partial charge < -0.3 is 20.4 Å². The van der Waals surface area contributed by atoms with Gasteiger partial charge in [0.2, 0.25) is 5.91 Å². The van der Waals surface area contributed by atoms with Crippen LogP contribution in [0.15, 0.2) is 54.7 Å². The smallest absolute Gasteiger partial charge is 0.369 e. The van der Waals surface area contributed by atoms with Crippen molar-refractivity contribution in [2.45, 2.75) is 51.6 Å². The molecular weight excluding hydrogens is 405 g/mol. The summed E-state index contributed by atoms with van der Waals surface area (Å²) in [6.07, 6.45) is 2.32. The van der Waals surface area contributed by atoms with E-state index in [1.807, 2.05) is 48.5 Å². The number of amides is 1. The van der Waals surface area contributed by atoms with Crippen LogP contribution in [0.4, 0.5) is 0 Å². The summed E-state index contributed by atoms with van der Waals surface area (Å²) in [5.74, 6) is -0.357. The second-order valence-electron chi connectivity index (χ2n) is 7.54. The SMILES string of the molecule is CC(C)N(CC[C@](C(N)=O)(c1ccccc1)c1ccccn1)C(C)C.O=P(O)(O)O. The summed E-state index contributed by atoms with van der Waals surface area (Å²) in [5.41, 5.74) is 6.66. The van der Waals surface area contributed by atoms with E-state index in [-0.39, 0.29) is 5.91 Å². The van der Waals surface area contributed by atoms with Crippen LogP contribution in [0.3, 0.4) is 0 Å². The summed E-state index contributed by atoms with van der Waals surface area (Å²) in [6, 6.07) is 16.2. The lowest BCUT2D eigenvalue weighted by molar-refractivity contribution is -0.122. The van der Waals surface area contributed by atoms with E-state index >= 15 is 0 Å². The number of benzene rings is 1. The van der Waals surface area contributed by atoms with Crippen molar-refractivity contribution in [3.8, 4) is 0 Å². The van der Waals surface area contributed by atoms with Gasteiger partial charge in [-0.15, -0.1) is 0 Å². The average Bonchev–Trinajstić information content (AvgIpc) is 2.64. The fourth-order valence-electron chi connectivity index (χ4n) is 3.56. The molecule has 0 saturated carbocycles. The Morgan fingerprint density at radius 3 is 1.93 bits per heavy atom. The first-order valence-corrected chi connectivity index (χ1v) is 11.3. The van der Waals surface area contributed by atoms with Crippen LogP contribution in [0.1, 0.15) is 45.4 Å². The largest absolute Gasteiger partial charge is 0.466 e. The van der Waals surface area contributed by atoms with Crippen LogP contribution in [0.2, 0.25) is 0 Å². The van der Waals surface area contributed by atoms with Gasteiger partial charge in [0.05, 0.1) is 5.69 Å². The molecule has 1 heterocycles. The van der Waals surface area contributed by atoms with Crippen LogP contribution in [-0.2, 0) is 14.8 Å². The van der Waals surface area contributed by atoms with Crippen molar-refractivity contribution >= 4 is 13.7 Å². The highest BCUT2D eigenvalue weighted by Gasteiger charge is 2.42. The van der Waals surface area contributed by atoms with Gasteiger partial charge in [-0.3, -0.25) is 14.7 Å². The molecular formula is C21H32N3O5P. The van der Waals surface area contributed by atoms with Gasteiger partial charge in [-0.2, -0.15) is 0 Å². The number of hydrogen-bond acceptors (Lipinski definition) is 4. The molecule has 1 aromatic carbocycles. The van der Waals surface area contributed by atoms with Gasteiger partial charge in [0.15, 0.2) is 0 Å². The van der Waals surface area contributed by atoms with Crippen LogP contribution < -0.4 is 5.73 Å². The monoisotopic (exact) mass is 437 g/mol. The first kappa shape index (κ1) is 25.9. The lowest BCUT2D eigenvalue weighted by Gasteiger charge is -2.36. The van der Waals surface area contributed by atoms with Crippen molar-refractivity contribution in [1.82, 2.24) is 9.88 Å². The standard InChI is InChI=1S/C21H29N3O.H3O4P/c1-16(2)24(17(3)4)15-13-21(20(22)25,18-10-6-5-7-11-18)19-12-8-9-14-23-19;1-5(2,3)4/h5-12,14,16-17H,13,15H2,1-4H3,(H2,22,25);(H3,1,2,3,4)/t21-;/m0./s1. The molecule has 8 nitrogen and oxygen atoms in total. The van der Waals surface area contributed by atoms with Crippen molar-refractivity contribution in [3.63, 3.8) is 0 Å². The van der Waals surface area contributed by atoms with Gasteiger partial charge in [0.1, 0.15) is 5.41 Å². The van der Waals surface area contributed by atoms with E-state index in [0.717, 1.165) is 12.1 Å². The summed E-state index contributed by atoms with van der Waals surface area (Å²) in [7, 11) is -4.64. The molecule has 166 valence electrons. The Hall–Kier alpha value is -2.09. The quantitative estimate of drug-likeness (QED) is 0.466. The van der Waals surface area contributed by atoms with E-state index in [9.17, 15) is 4.79 Å². The van der Waals surface area contributed by atoms with Crippen molar-refractivity contribution in [2.75, 3.05) is 6.54 Å². The zero-order valence-electron chi connectivity index (χ0n) is 17.8. The number of nitrogens with two attached hydrogens (primary N) is 1. The number of hydrogen-bond donors (Lipinski definition) is 4. The summed E-state index contributed by atoms with van der Waals surface area (Å²) in [4.78, 5) is 41.2. The molecule has 2 rings (SSSR count). The van der Waals surface area contributed by atoms with Crippen LogP contribution >= 0.6 is 7.82 Å². The fourth-order valence-corrected chi connectivity index (χ4v) is 3.56. The van der Waals surface area contributed by atoms with Gasteiger partial charge in [0.25, 0.3) is 0 Å².